The Bertz CT molecular complexity index is 307. The number of alkyl carbamates (subject to hydrolysis) is 1. The topological polar surface area (TPSA) is 64.6 Å². The number of hydrogen-bond acceptors (Lipinski definition) is 4. The first-order valence-electron chi connectivity index (χ1n) is 5.26. The summed E-state index contributed by atoms with van der Waals surface area (Å²) in [6.45, 7) is 7.31. The van der Waals surface area contributed by atoms with Gasteiger partial charge in [-0.05, 0) is 33.8 Å². The van der Waals surface area contributed by atoms with Crippen molar-refractivity contribution < 1.29 is 19.1 Å². The lowest BCUT2D eigenvalue weighted by molar-refractivity contribution is -0.137. The molecule has 1 N–H and O–H groups in total. The Balaban J connectivity index is 4.01. The zero-order chi connectivity index (χ0) is 13.5. The molecule has 0 aromatic heterocycles. The fourth-order valence-electron chi connectivity index (χ4n) is 0.822. The maximum Gasteiger partial charge on any atom is 0.407 e. The predicted molar refractivity (Wildman–Crippen MR) is 64.8 cm³/mol. The molecule has 0 radical (unpaired) electrons. The van der Waals surface area contributed by atoms with E-state index >= 15 is 0 Å². The number of carbonyl (C=O) groups excluding carboxylic acids is 2. The minimum absolute atomic E-state index is 0.0668. The van der Waals surface area contributed by atoms with Crippen LogP contribution >= 0.6 is 11.6 Å². The van der Waals surface area contributed by atoms with Crippen LogP contribution < -0.4 is 5.32 Å². The van der Waals surface area contributed by atoms with E-state index in [0.29, 0.717) is 0 Å². The second kappa shape index (κ2) is 7.17. The summed E-state index contributed by atoms with van der Waals surface area (Å²) in [6, 6.07) is 0. The fourth-order valence-corrected chi connectivity index (χ4v) is 0.953. The third kappa shape index (κ3) is 8.56. The van der Waals surface area contributed by atoms with Gasteiger partial charge in [0, 0.05) is 6.54 Å². The Kier molecular flexibility index (Phi) is 6.65. The van der Waals surface area contributed by atoms with Crippen molar-refractivity contribution in [2.75, 3.05) is 13.2 Å². The molecule has 0 heterocycles. The van der Waals surface area contributed by atoms with Gasteiger partial charge in [0.2, 0.25) is 0 Å². The normalized spacial score (nSPS) is 11.9. The summed E-state index contributed by atoms with van der Waals surface area (Å²) in [6.07, 6.45) is 0.783. The summed E-state index contributed by atoms with van der Waals surface area (Å²) in [4.78, 5) is 22.3. The number of hydrogen-bond donors (Lipinski definition) is 1. The molecule has 0 aliphatic heterocycles. The molecule has 98 valence electrons. The van der Waals surface area contributed by atoms with E-state index in [1.54, 1.807) is 27.7 Å². The lowest BCUT2D eigenvalue weighted by Crippen LogP contribution is -2.32. The highest BCUT2D eigenvalue weighted by Gasteiger charge is 2.15. The van der Waals surface area contributed by atoms with Crippen molar-refractivity contribution in [3.05, 3.63) is 11.1 Å². The molecular formula is C11H18ClNO4. The summed E-state index contributed by atoms with van der Waals surface area (Å²) >= 11 is 5.62. The first kappa shape index (κ1) is 15.8. The van der Waals surface area contributed by atoms with E-state index in [-0.39, 0.29) is 18.2 Å². The summed E-state index contributed by atoms with van der Waals surface area (Å²) in [7, 11) is 0. The molecule has 0 spiro atoms. The van der Waals surface area contributed by atoms with E-state index in [9.17, 15) is 9.59 Å². The second-order valence-electron chi connectivity index (χ2n) is 4.16. The molecule has 1 amide bonds. The van der Waals surface area contributed by atoms with Gasteiger partial charge in [0.15, 0.2) is 0 Å². The molecule has 0 saturated carbocycles. The molecular weight excluding hydrogens is 246 g/mol. The Morgan fingerprint density at radius 1 is 1.35 bits per heavy atom. The van der Waals surface area contributed by atoms with Gasteiger partial charge in [-0.1, -0.05) is 11.6 Å². The summed E-state index contributed by atoms with van der Waals surface area (Å²) in [5.74, 6) is -0.611. The summed E-state index contributed by atoms with van der Waals surface area (Å²) in [5.41, 5.74) is -0.557. The number of esters is 1. The van der Waals surface area contributed by atoms with E-state index in [1.807, 2.05) is 0 Å². The van der Waals surface area contributed by atoms with Crippen LogP contribution in [-0.2, 0) is 14.3 Å². The third-order valence-corrected chi connectivity index (χ3v) is 1.71. The molecule has 6 heteroatoms. The Hall–Kier alpha value is -1.23. The molecule has 0 saturated heterocycles. The Labute approximate surface area is 106 Å². The highest BCUT2D eigenvalue weighted by Crippen LogP contribution is 2.06. The largest absolute Gasteiger partial charge is 0.462 e. The number of amides is 1. The van der Waals surface area contributed by atoms with Crippen molar-refractivity contribution in [3.8, 4) is 0 Å². The molecule has 0 atom stereocenters. The lowest BCUT2D eigenvalue weighted by atomic mass is 10.2. The number of ether oxygens (including phenoxy) is 2. The quantitative estimate of drug-likeness (QED) is 0.624. The zero-order valence-electron chi connectivity index (χ0n) is 10.5. The third-order valence-electron chi connectivity index (χ3n) is 1.40. The maximum atomic E-state index is 11.2. The summed E-state index contributed by atoms with van der Waals surface area (Å²) < 4.78 is 9.65. The molecule has 0 aliphatic rings. The van der Waals surface area contributed by atoms with E-state index < -0.39 is 17.7 Å². The molecule has 0 fully saturated rings. The minimum Gasteiger partial charge on any atom is -0.462 e. The number of rotatable bonds is 4. The minimum atomic E-state index is -0.611. The zero-order valence-corrected chi connectivity index (χ0v) is 11.3. The average Bonchev–Trinajstić information content (AvgIpc) is 2.14. The van der Waals surface area contributed by atoms with Crippen LogP contribution in [-0.4, -0.2) is 30.8 Å². The monoisotopic (exact) mass is 263 g/mol. The molecule has 17 heavy (non-hydrogen) atoms. The van der Waals surface area contributed by atoms with E-state index in [2.05, 4.69) is 10.1 Å². The van der Waals surface area contributed by atoms with Crippen molar-refractivity contribution >= 4 is 23.7 Å². The molecule has 0 aromatic rings. The number of halogens is 1. The average molecular weight is 264 g/mol. The van der Waals surface area contributed by atoms with Crippen LogP contribution in [0.5, 0.6) is 0 Å². The lowest BCUT2D eigenvalue weighted by Gasteiger charge is -2.19. The van der Waals surface area contributed by atoms with E-state index in [4.69, 9.17) is 16.3 Å². The standard InChI is InChI=1S/C11H18ClNO4/c1-5-16-9(14)8(12)6-7-13-10(15)17-11(2,3)4/h6H,5,7H2,1-4H3,(H,13,15). The van der Waals surface area contributed by atoms with Crippen LogP contribution in [0.3, 0.4) is 0 Å². The predicted octanol–water partition coefficient (Wildman–Crippen LogP) is 2.20. The van der Waals surface area contributed by atoms with Crippen LogP contribution in [0.25, 0.3) is 0 Å². The van der Waals surface area contributed by atoms with Crippen LogP contribution in [0, 0.1) is 0 Å². The smallest absolute Gasteiger partial charge is 0.407 e. The highest BCUT2D eigenvalue weighted by molar-refractivity contribution is 6.41. The van der Waals surface area contributed by atoms with Crippen LogP contribution in [0.15, 0.2) is 11.1 Å². The van der Waals surface area contributed by atoms with Gasteiger partial charge >= 0.3 is 12.1 Å². The first-order chi connectivity index (χ1) is 7.76. The molecule has 0 aromatic carbocycles. The van der Waals surface area contributed by atoms with Gasteiger partial charge in [0.05, 0.1) is 6.61 Å². The van der Waals surface area contributed by atoms with Crippen molar-refractivity contribution in [1.29, 1.82) is 0 Å². The molecule has 0 aliphatic carbocycles. The van der Waals surface area contributed by atoms with Crippen molar-refractivity contribution in [1.82, 2.24) is 5.32 Å². The van der Waals surface area contributed by atoms with Gasteiger partial charge in [-0.2, -0.15) is 0 Å². The van der Waals surface area contributed by atoms with Crippen molar-refractivity contribution in [2.24, 2.45) is 0 Å². The van der Waals surface area contributed by atoms with Gasteiger partial charge in [-0.25, -0.2) is 9.59 Å². The van der Waals surface area contributed by atoms with Gasteiger partial charge in [-0.3, -0.25) is 0 Å². The fraction of sp³-hybridized carbons (Fsp3) is 0.636. The van der Waals surface area contributed by atoms with Crippen LogP contribution in [0.4, 0.5) is 4.79 Å². The van der Waals surface area contributed by atoms with Gasteiger partial charge in [-0.15, -0.1) is 0 Å². The maximum absolute atomic E-state index is 11.2. The van der Waals surface area contributed by atoms with Gasteiger partial charge < -0.3 is 14.8 Å². The summed E-state index contributed by atoms with van der Waals surface area (Å²) in [5, 5.41) is 2.37. The van der Waals surface area contributed by atoms with E-state index in [1.165, 1.54) is 6.08 Å². The molecule has 0 unspecified atom stereocenters. The molecule has 0 bridgehead atoms. The SMILES string of the molecule is CCOC(=O)C(Cl)=CCNC(=O)OC(C)(C)C. The van der Waals surface area contributed by atoms with Gasteiger partial charge in [0.25, 0.3) is 0 Å². The Morgan fingerprint density at radius 3 is 2.41 bits per heavy atom. The number of nitrogens with one attached hydrogen (secondary N) is 1. The van der Waals surface area contributed by atoms with Crippen LogP contribution in [0.1, 0.15) is 27.7 Å². The highest BCUT2D eigenvalue weighted by atomic mass is 35.5. The first-order valence-corrected chi connectivity index (χ1v) is 5.63. The van der Waals surface area contributed by atoms with Gasteiger partial charge in [0.1, 0.15) is 10.6 Å². The second-order valence-corrected chi connectivity index (χ2v) is 4.56. The van der Waals surface area contributed by atoms with E-state index in [0.717, 1.165) is 0 Å². The molecule has 0 rings (SSSR count). The molecule has 5 nitrogen and oxygen atoms in total. The van der Waals surface area contributed by atoms with Crippen molar-refractivity contribution in [3.63, 3.8) is 0 Å². The Morgan fingerprint density at radius 2 is 1.94 bits per heavy atom. The number of carbonyl (C=O) groups is 2. The van der Waals surface area contributed by atoms with Crippen molar-refractivity contribution in [2.45, 2.75) is 33.3 Å². The van der Waals surface area contributed by atoms with Crippen LogP contribution in [0.2, 0.25) is 0 Å².